The summed E-state index contributed by atoms with van der Waals surface area (Å²) in [6.45, 7) is 14.8. The predicted molar refractivity (Wildman–Crippen MR) is 162 cm³/mol. The number of aromatic nitrogens is 3. The van der Waals surface area contributed by atoms with E-state index < -0.39 is 0 Å². The molecule has 0 saturated carbocycles. The van der Waals surface area contributed by atoms with Gasteiger partial charge in [0.25, 0.3) is 0 Å². The number of rotatable bonds is 8. The van der Waals surface area contributed by atoms with E-state index in [0.717, 1.165) is 81.0 Å². The van der Waals surface area contributed by atoms with Crippen molar-refractivity contribution in [3.63, 3.8) is 0 Å². The molecule has 38 heavy (non-hydrogen) atoms. The Morgan fingerprint density at radius 3 is 2.37 bits per heavy atom. The molecular weight excluding hydrogens is 517 g/mol. The minimum absolute atomic E-state index is 0. The zero-order valence-corrected chi connectivity index (χ0v) is 24.7. The molecular formula is C30H43Cl2N5O. The Morgan fingerprint density at radius 1 is 0.974 bits per heavy atom. The topological polar surface area (TPSA) is 46.4 Å². The maximum atomic E-state index is 5.51. The molecule has 2 fully saturated rings. The van der Waals surface area contributed by atoms with Crippen molar-refractivity contribution in [3.8, 4) is 0 Å². The van der Waals surface area contributed by atoms with Crippen molar-refractivity contribution < 1.29 is 4.74 Å². The molecule has 0 N–H and O–H groups in total. The zero-order chi connectivity index (χ0) is 24.9. The highest BCUT2D eigenvalue weighted by Gasteiger charge is 2.25. The third-order valence-corrected chi connectivity index (χ3v) is 7.78. The first-order valence-electron chi connectivity index (χ1n) is 13.7. The van der Waals surface area contributed by atoms with Crippen molar-refractivity contribution in [3.05, 3.63) is 64.6 Å². The van der Waals surface area contributed by atoms with Crippen LogP contribution in [0.25, 0.3) is 17.2 Å². The lowest BCUT2D eigenvalue weighted by molar-refractivity contribution is 0.00106. The molecule has 6 nitrogen and oxygen atoms in total. The molecule has 0 atom stereocenters. The highest BCUT2D eigenvalue weighted by Crippen LogP contribution is 2.22. The summed E-state index contributed by atoms with van der Waals surface area (Å²) in [6, 6.07) is 11.8. The van der Waals surface area contributed by atoms with Crippen LogP contribution in [0.15, 0.2) is 36.4 Å². The van der Waals surface area contributed by atoms with E-state index in [-0.39, 0.29) is 24.8 Å². The summed E-state index contributed by atoms with van der Waals surface area (Å²) in [5, 5.41) is 0. The number of pyridine rings is 1. The van der Waals surface area contributed by atoms with Gasteiger partial charge in [-0.25, -0.2) is 9.97 Å². The Kier molecular flexibility index (Phi) is 11.6. The number of benzene rings is 1. The van der Waals surface area contributed by atoms with E-state index in [1.807, 2.05) is 0 Å². The van der Waals surface area contributed by atoms with Crippen LogP contribution in [0.1, 0.15) is 54.4 Å². The molecule has 0 aliphatic carbocycles. The highest BCUT2D eigenvalue weighted by molar-refractivity contribution is 5.85. The molecule has 208 valence electrons. The van der Waals surface area contributed by atoms with Crippen LogP contribution < -0.4 is 0 Å². The second kappa shape index (κ2) is 14.4. The van der Waals surface area contributed by atoms with E-state index >= 15 is 0 Å². The quantitative estimate of drug-likeness (QED) is 0.354. The molecule has 3 aromatic rings. The predicted octanol–water partition coefficient (Wildman–Crippen LogP) is 5.70. The summed E-state index contributed by atoms with van der Waals surface area (Å²) in [6.07, 6.45) is 9.20. The number of hydrogen-bond acceptors (Lipinski definition) is 5. The van der Waals surface area contributed by atoms with Crippen LogP contribution >= 0.6 is 24.8 Å². The van der Waals surface area contributed by atoms with Crippen molar-refractivity contribution in [1.29, 1.82) is 0 Å². The van der Waals surface area contributed by atoms with E-state index in [1.54, 1.807) is 0 Å². The monoisotopic (exact) mass is 559 g/mol. The molecule has 0 bridgehead atoms. The minimum Gasteiger partial charge on any atom is -0.379 e. The number of halogens is 2. The molecule has 2 aliphatic heterocycles. The number of likely N-dealkylation sites (tertiary alicyclic amines) is 1. The SMILES string of the molecule is CCc1nc2c(C)cc(C)nc2n1Cc1ccc(/C=C/CCN2CCC(N3CCOCC3)CC2)cc1.Cl.Cl. The summed E-state index contributed by atoms with van der Waals surface area (Å²) in [7, 11) is 0. The van der Waals surface area contributed by atoms with Gasteiger partial charge in [0.15, 0.2) is 5.65 Å². The van der Waals surface area contributed by atoms with Crippen LogP contribution in [0, 0.1) is 13.8 Å². The lowest BCUT2D eigenvalue weighted by Gasteiger charge is -2.40. The molecule has 0 amide bonds. The fourth-order valence-corrected chi connectivity index (χ4v) is 5.73. The first kappa shape index (κ1) is 30.6. The molecule has 4 heterocycles. The van der Waals surface area contributed by atoms with Crippen LogP contribution in [0.4, 0.5) is 0 Å². The largest absolute Gasteiger partial charge is 0.379 e. The van der Waals surface area contributed by atoms with Crippen LogP contribution in [0.5, 0.6) is 0 Å². The van der Waals surface area contributed by atoms with E-state index in [4.69, 9.17) is 14.7 Å². The summed E-state index contributed by atoms with van der Waals surface area (Å²) in [4.78, 5) is 15.0. The molecule has 2 saturated heterocycles. The Bertz CT molecular complexity index is 1180. The molecule has 0 spiro atoms. The van der Waals surface area contributed by atoms with Gasteiger partial charge >= 0.3 is 0 Å². The van der Waals surface area contributed by atoms with Crippen LogP contribution in [0.3, 0.4) is 0 Å². The molecule has 1 aromatic carbocycles. The minimum atomic E-state index is 0. The third-order valence-electron chi connectivity index (χ3n) is 7.78. The van der Waals surface area contributed by atoms with Gasteiger partial charge in [-0.3, -0.25) is 4.90 Å². The molecule has 0 radical (unpaired) electrons. The Balaban J connectivity index is 0.00000200. The maximum absolute atomic E-state index is 5.51. The Morgan fingerprint density at radius 2 is 1.68 bits per heavy atom. The van der Waals surface area contributed by atoms with Crippen LogP contribution in [-0.2, 0) is 17.7 Å². The normalized spacial score (nSPS) is 17.6. The van der Waals surface area contributed by atoms with Crippen molar-refractivity contribution in [2.45, 2.75) is 59.0 Å². The lowest BCUT2D eigenvalue weighted by atomic mass is 10.0. The van der Waals surface area contributed by atoms with Gasteiger partial charge in [-0.2, -0.15) is 0 Å². The number of nitrogens with zero attached hydrogens (tertiary/aromatic N) is 5. The Hall–Kier alpha value is -1.96. The number of aryl methyl sites for hydroxylation is 3. The first-order chi connectivity index (χ1) is 17.6. The van der Waals surface area contributed by atoms with Gasteiger partial charge in [0, 0.05) is 37.8 Å². The summed E-state index contributed by atoms with van der Waals surface area (Å²) in [5.41, 5.74) is 6.83. The summed E-state index contributed by atoms with van der Waals surface area (Å²) in [5.74, 6) is 1.10. The molecule has 2 aromatic heterocycles. The standard InChI is InChI=1S/C30H41N5O.2ClH/c1-4-28-32-29-23(2)21-24(3)31-30(29)35(28)22-26-10-8-25(9-11-26)7-5-6-14-33-15-12-27(13-16-33)34-17-19-36-20-18-34;;/h5,7-11,21,27H,4,6,12-20,22H2,1-3H3;2*1H/b7-5+;;. The fourth-order valence-electron chi connectivity index (χ4n) is 5.73. The maximum Gasteiger partial charge on any atom is 0.160 e. The van der Waals surface area contributed by atoms with Crippen molar-refractivity contribution in [2.24, 2.45) is 0 Å². The van der Waals surface area contributed by atoms with Crippen LogP contribution in [0.2, 0.25) is 0 Å². The average molecular weight is 561 g/mol. The van der Waals surface area contributed by atoms with Gasteiger partial charge in [0.05, 0.1) is 19.8 Å². The van der Waals surface area contributed by atoms with E-state index in [9.17, 15) is 0 Å². The van der Waals surface area contributed by atoms with E-state index in [1.165, 1.54) is 42.6 Å². The van der Waals surface area contributed by atoms with E-state index in [2.05, 4.69) is 77.6 Å². The molecule has 5 rings (SSSR count). The van der Waals surface area contributed by atoms with Gasteiger partial charge in [0.1, 0.15) is 11.3 Å². The number of morpholine rings is 1. The number of hydrogen-bond donors (Lipinski definition) is 0. The average Bonchev–Trinajstić information content (AvgIpc) is 3.26. The highest BCUT2D eigenvalue weighted by atomic mass is 35.5. The van der Waals surface area contributed by atoms with Crippen molar-refractivity contribution >= 4 is 42.1 Å². The number of imidazole rings is 1. The Labute approximate surface area is 240 Å². The molecule has 2 aliphatic rings. The third kappa shape index (κ3) is 7.36. The lowest BCUT2D eigenvalue weighted by Crippen LogP contribution is -2.49. The van der Waals surface area contributed by atoms with Gasteiger partial charge in [-0.15, -0.1) is 24.8 Å². The van der Waals surface area contributed by atoms with Crippen molar-refractivity contribution in [1.82, 2.24) is 24.3 Å². The first-order valence-corrected chi connectivity index (χ1v) is 13.7. The number of piperidine rings is 1. The smallest absolute Gasteiger partial charge is 0.160 e. The van der Waals surface area contributed by atoms with Gasteiger partial charge in [-0.1, -0.05) is 43.3 Å². The second-order valence-corrected chi connectivity index (χ2v) is 10.4. The van der Waals surface area contributed by atoms with Gasteiger partial charge in [0.2, 0.25) is 0 Å². The zero-order valence-electron chi connectivity index (χ0n) is 23.1. The second-order valence-electron chi connectivity index (χ2n) is 10.4. The van der Waals surface area contributed by atoms with Gasteiger partial charge < -0.3 is 14.2 Å². The fraction of sp³-hybridized carbons (Fsp3) is 0.533. The van der Waals surface area contributed by atoms with E-state index in [0.29, 0.717) is 0 Å². The summed E-state index contributed by atoms with van der Waals surface area (Å²) >= 11 is 0. The number of ether oxygens (including phenoxy) is 1. The van der Waals surface area contributed by atoms with Crippen molar-refractivity contribution in [2.75, 3.05) is 45.9 Å². The number of fused-ring (bicyclic) bond motifs is 1. The van der Waals surface area contributed by atoms with Crippen LogP contribution in [-0.4, -0.2) is 76.3 Å². The summed E-state index contributed by atoms with van der Waals surface area (Å²) < 4.78 is 7.79. The molecule has 8 heteroatoms. The molecule has 0 unspecified atom stereocenters. The van der Waals surface area contributed by atoms with Gasteiger partial charge in [-0.05, 0) is 69.0 Å².